The van der Waals surface area contributed by atoms with E-state index in [1.54, 1.807) is 48.5 Å². The van der Waals surface area contributed by atoms with Gasteiger partial charge < -0.3 is 0 Å². The summed E-state index contributed by atoms with van der Waals surface area (Å²) in [6, 6.07) is 13.4. The lowest BCUT2D eigenvalue weighted by molar-refractivity contribution is 0.428. The van der Waals surface area contributed by atoms with Gasteiger partial charge in [-0.1, -0.05) is 47.5 Å². The second-order valence-corrected chi connectivity index (χ2v) is 11.0. The van der Waals surface area contributed by atoms with Gasteiger partial charge in [-0.15, -0.1) is 0 Å². The molecule has 0 N–H and O–H groups in total. The van der Waals surface area contributed by atoms with Crippen LogP contribution < -0.4 is 0 Å². The number of hydrogen-bond acceptors (Lipinski definition) is 4. The van der Waals surface area contributed by atoms with Crippen molar-refractivity contribution in [2.75, 3.05) is 18.8 Å². The normalized spacial score (nSPS) is 21.2. The summed E-state index contributed by atoms with van der Waals surface area (Å²) in [6.45, 7) is 1.95. The van der Waals surface area contributed by atoms with E-state index in [2.05, 4.69) is 0 Å². The number of benzene rings is 2. The average Bonchev–Trinajstić information content (AvgIpc) is 2.74. The van der Waals surface area contributed by atoms with E-state index in [1.807, 2.05) is 6.92 Å². The zero-order valence-electron chi connectivity index (χ0n) is 14.3. The van der Waals surface area contributed by atoms with Gasteiger partial charge >= 0.3 is 0 Å². The summed E-state index contributed by atoms with van der Waals surface area (Å²) in [4.78, 5) is 0.177. The first-order chi connectivity index (χ1) is 12.2. The highest BCUT2D eigenvalue weighted by Gasteiger charge is 2.36. The molecular weight excluding hydrogens is 394 g/mol. The van der Waals surface area contributed by atoms with Crippen LogP contribution in [0.5, 0.6) is 0 Å². The first kappa shape index (κ1) is 19.4. The molecule has 1 fully saturated rings. The Labute approximate surface area is 159 Å². The minimum Gasteiger partial charge on any atom is -0.228 e. The van der Waals surface area contributed by atoms with Crippen molar-refractivity contribution in [1.29, 1.82) is 0 Å². The Bertz CT molecular complexity index is 1000. The van der Waals surface area contributed by atoms with E-state index in [-0.39, 0.29) is 30.2 Å². The maximum Gasteiger partial charge on any atom is 0.243 e. The Hall–Kier alpha value is -1.41. The molecule has 0 aromatic heterocycles. The van der Waals surface area contributed by atoms with Crippen molar-refractivity contribution in [2.45, 2.75) is 23.5 Å². The maximum absolute atomic E-state index is 12.9. The predicted octanol–water partition coefficient (Wildman–Crippen LogP) is 3.20. The Balaban J connectivity index is 1.91. The van der Waals surface area contributed by atoms with Crippen LogP contribution in [0.2, 0.25) is 5.02 Å². The van der Waals surface area contributed by atoms with E-state index in [4.69, 9.17) is 11.6 Å². The van der Waals surface area contributed by atoms with Gasteiger partial charge in [0.1, 0.15) is 0 Å². The Morgan fingerprint density at radius 3 is 2.35 bits per heavy atom. The quantitative estimate of drug-likeness (QED) is 0.774. The number of aryl methyl sites for hydroxylation is 1. The van der Waals surface area contributed by atoms with Crippen LogP contribution in [0.4, 0.5) is 0 Å². The second kappa shape index (κ2) is 7.31. The SMILES string of the molecule is Cc1ccc(S(=O)(=O)N2CCC(c3ccccc3Cl)S(=O)(=O)CC2)cc1. The molecule has 1 aliphatic heterocycles. The number of sulfonamides is 1. The number of sulfone groups is 1. The third-order valence-electron chi connectivity index (χ3n) is 4.61. The molecule has 2 aromatic carbocycles. The van der Waals surface area contributed by atoms with E-state index in [1.165, 1.54) is 4.31 Å². The van der Waals surface area contributed by atoms with Gasteiger partial charge in [0.25, 0.3) is 0 Å². The molecule has 1 heterocycles. The van der Waals surface area contributed by atoms with Crippen LogP contribution >= 0.6 is 11.6 Å². The lowest BCUT2D eigenvalue weighted by Gasteiger charge is -2.20. The Morgan fingerprint density at radius 2 is 1.69 bits per heavy atom. The average molecular weight is 414 g/mol. The molecule has 1 atom stereocenters. The molecule has 8 heteroatoms. The van der Waals surface area contributed by atoms with Crippen LogP contribution in [0, 0.1) is 6.92 Å². The van der Waals surface area contributed by atoms with Gasteiger partial charge in [-0.2, -0.15) is 4.31 Å². The summed E-state index contributed by atoms with van der Waals surface area (Å²) in [7, 11) is -7.24. The topological polar surface area (TPSA) is 71.5 Å². The first-order valence-electron chi connectivity index (χ1n) is 8.24. The molecule has 26 heavy (non-hydrogen) atoms. The number of nitrogens with zero attached hydrogens (tertiary/aromatic N) is 1. The molecule has 0 aliphatic carbocycles. The van der Waals surface area contributed by atoms with Crippen LogP contribution in [0.3, 0.4) is 0 Å². The van der Waals surface area contributed by atoms with Crippen LogP contribution in [-0.4, -0.2) is 40.0 Å². The smallest absolute Gasteiger partial charge is 0.228 e. The molecule has 5 nitrogen and oxygen atoms in total. The van der Waals surface area contributed by atoms with E-state index < -0.39 is 25.1 Å². The van der Waals surface area contributed by atoms with Gasteiger partial charge in [-0.25, -0.2) is 16.8 Å². The van der Waals surface area contributed by atoms with E-state index in [0.29, 0.717) is 10.6 Å². The lowest BCUT2D eigenvalue weighted by atomic mass is 10.1. The van der Waals surface area contributed by atoms with Crippen LogP contribution in [0.1, 0.15) is 22.8 Å². The molecule has 3 rings (SSSR count). The van der Waals surface area contributed by atoms with Crippen molar-refractivity contribution >= 4 is 31.5 Å². The van der Waals surface area contributed by atoms with Gasteiger partial charge in [-0.05, 0) is 37.1 Å². The van der Waals surface area contributed by atoms with Gasteiger partial charge in [0.2, 0.25) is 10.0 Å². The standard InChI is InChI=1S/C18H20ClNO4S2/c1-14-6-8-15(9-7-14)26(23,24)20-11-10-18(25(21,22)13-12-20)16-4-2-3-5-17(16)19/h2-9,18H,10-13H2,1H3. The fraction of sp³-hybridized carbons (Fsp3) is 0.333. The summed E-state index contributed by atoms with van der Waals surface area (Å²) in [6.07, 6.45) is 0.178. The molecule has 2 aromatic rings. The summed E-state index contributed by atoms with van der Waals surface area (Å²) in [5.41, 5.74) is 1.49. The molecule has 140 valence electrons. The number of halogens is 1. The van der Waals surface area contributed by atoms with Crippen LogP contribution in [0.15, 0.2) is 53.4 Å². The van der Waals surface area contributed by atoms with Gasteiger partial charge in [0.15, 0.2) is 9.84 Å². The van der Waals surface area contributed by atoms with Crippen molar-refractivity contribution in [3.8, 4) is 0 Å². The molecule has 0 bridgehead atoms. The molecular formula is C18H20ClNO4S2. The monoisotopic (exact) mass is 413 g/mol. The second-order valence-electron chi connectivity index (χ2n) is 6.38. The zero-order valence-corrected chi connectivity index (χ0v) is 16.7. The fourth-order valence-corrected chi connectivity index (χ4v) is 6.83. The predicted molar refractivity (Wildman–Crippen MR) is 103 cm³/mol. The van der Waals surface area contributed by atoms with Crippen molar-refractivity contribution < 1.29 is 16.8 Å². The third kappa shape index (κ3) is 3.81. The summed E-state index contributed by atoms with van der Waals surface area (Å²) in [5, 5.41) is -0.412. The van der Waals surface area contributed by atoms with E-state index in [0.717, 1.165) is 5.56 Å². The largest absolute Gasteiger partial charge is 0.243 e. The minimum atomic E-state index is -3.73. The Kier molecular flexibility index (Phi) is 5.44. The summed E-state index contributed by atoms with van der Waals surface area (Å²) >= 11 is 6.18. The highest BCUT2D eigenvalue weighted by atomic mass is 35.5. The van der Waals surface area contributed by atoms with Crippen molar-refractivity contribution in [2.24, 2.45) is 0 Å². The summed E-state index contributed by atoms with van der Waals surface area (Å²) in [5.74, 6) is -0.228. The van der Waals surface area contributed by atoms with Crippen LogP contribution in [-0.2, 0) is 19.9 Å². The van der Waals surface area contributed by atoms with Gasteiger partial charge in [-0.3, -0.25) is 0 Å². The zero-order chi connectivity index (χ0) is 18.9. The van der Waals surface area contributed by atoms with Crippen molar-refractivity contribution in [3.63, 3.8) is 0 Å². The highest BCUT2D eigenvalue weighted by Crippen LogP contribution is 2.34. The van der Waals surface area contributed by atoms with Gasteiger partial charge in [0, 0.05) is 18.1 Å². The number of hydrogen-bond donors (Lipinski definition) is 0. The summed E-state index contributed by atoms with van der Waals surface area (Å²) < 4.78 is 52.5. The molecule has 0 spiro atoms. The molecule has 1 saturated heterocycles. The molecule has 0 radical (unpaired) electrons. The maximum atomic E-state index is 12.9. The number of rotatable bonds is 3. The molecule has 0 amide bonds. The fourth-order valence-electron chi connectivity index (χ4n) is 3.11. The van der Waals surface area contributed by atoms with Gasteiger partial charge in [0.05, 0.1) is 15.9 Å². The molecule has 1 unspecified atom stereocenters. The Morgan fingerprint density at radius 1 is 1.04 bits per heavy atom. The highest BCUT2D eigenvalue weighted by molar-refractivity contribution is 7.92. The van der Waals surface area contributed by atoms with E-state index >= 15 is 0 Å². The molecule has 1 aliphatic rings. The minimum absolute atomic E-state index is 0.0561. The first-order valence-corrected chi connectivity index (χ1v) is 11.8. The van der Waals surface area contributed by atoms with Crippen LogP contribution in [0.25, 0.3) is 0 Å². The molecule has 0 saturated carbocycles. The third-order valence-corrected chi connectivity index (χ3v) is 8.98. The van der Waals surface area contributed by atoms with E-state index in [9.17, 15) is 16.8 Å². The lowest BCUT2D eigenvalue weighted by Crippen LogP contribution is -2.33. The van der Waals surface area contributed by atoms with Crippen molar-refractivity contribution in [3.05, 3.63) is 64.7 Å². The van der Waals surface area contributed by atoms with Crippen molar-refractivity contribution in [1.82, 2.24) is 4.31 Å².